The van der Waals surface area contributed by atoms with Gasteiger partial charge in [0, 0.05) is 18.0 Å². The number of rotatable bonds is 8. The third kappa shape index (κ3) is 5.69. The maximum absolute atomic E-state index is 13.5. The van der Waals surface area contributed by atoms with Gasteiger partial charge in [-0.2, -0.15) is 0 Å². The Morgan fingerprint density at radius 1 is 1.08 bits per heavy atom. The minimum atomic E-state index is -3.59. The maximum atomic E-state index is 13.5. The van der Waals surface area contributed by atoms with Crippen molar-refractivity contribution < 1.29 is 18.0 Å². The van der Waals surface area contributed by atoms with Gasteiger partial charge >= 0.3 is 0 Å². The first-order chi connectivity index (χ1) is 17.2. The second kappa shape index (κ2) is 10.9. The minimum absolute atomic E-state index is 0.0358. The summed E-state index contributed by atoms with van der Waals surface area (Å²) in [5.74, 6) is -0.500. The molecule has 0 aliphatic heterocycles. The number of anilines is 1. The lowest BCUT2D eigenvalue weighted by molar-refractivity contribution is -0.120. The number of nitrogens with one attached hydrogen (secondary N) is 1. The largest absolute Gasteiger partial charge is 0.366 e. The molecule has 0 aromatic carbocycles. The van der Waals surface area contributed by atoms with Crippen LogP contribution < -0.4 is 16.6 Å². The predicted octanol–water partition coefficient (Wildman–Crippen LogP) is 3.52. The van der Waals surface area contributed by atoms with Gasteiger partial charge in [-0.25, -0.2) is 13.4 Å². The van der Waals surface area contributed by atoms with E-state index in [0.717, 1.165) is 44.9 Å². The van der Waals surface area contributed by atoms with Crippen LogP contribution in [0.2, 0.25) is 0 Å². The van der Waals surface area contributed by atoms with E-state index in [1.165, 1.54) is 35.0 Å². The van der Waals surface area contributed by atoms with Crippen LogP contribution >= 0.6 is 0 Å². The van der Waals surface area contributed by atoms with Gasteiger partial charge < -0.3 is 15.6 Å². The van der Waals surface area contributed by atoms with E-state index in [9.17, 15) is 22.8 Å². The zero-order valence-electron chi connectivity index (χ0n) is 20.6. The number of sulfone groups is 1. The van der Waals surface area contributed by atoms with Gasteiger partial charge in [0.2, 0.25) is 11.8 Å². The molecule has 2 aliphatic carbocycles. The summed E-state index contributed by atoms with van der Waals surface area (Å²) in [5, 5.41) is 2.30. The third-order valence-corrected chi connectivity index (χ3v) is 9.74. The summed E-state index contributed by atoms with van der Waals surface area (Å²) in [5.41, 5.74) is 5.42. The summed E-state index contributed by atoms with van der Waals surface area (Å²) in [7, 11) is -3.59. The summed E-state index contributed by atoms with van der Waals surface area (Å²) in [4.78, 5) is 42.3. The average Bonchev–Trinajstić information content (AvgIpc) is 3.40. The van der Waals surface area contributed by atoms with Crippen molar-refractivity contribution in [3.63, 3.8) is 0 Å². The first-order valence-electron chi connectivity index (χ1n) is 12.7. The van der Waals surface area contributed by atoms with E-state index in [4.69, 9.17) is 5.73 Å². The van der Waals surface area contributed by atoms with Crippen molar-refractivity contribution in [1.82, 2.24) is 9.55 Å². The summed E-state index contributed by atoms with van der Waals surface area (Å²) >= 11 is 0. The molecule has 0 bridgehead atoms. The number of hydrogen-bond acceptors (Lipinski definition) is 6. The molecule has 2 aromatic heterocycles. The monoisotopic (exact) mass is 514 g/mol. The number of amides is 2. The van der Waals surface area contributed by atoms with Crippen molar-refractivity contribution in [3.05, 3.63) is 52.1 Å². The van der Waals surface area contributed by atoms with Crippen LogP contribution in [-0.2, 0) is 14.6 Å². The molecular formula is C26H34N4O5S. The van der Waals surface area contributed by atoms with Crippen LogP contribution in [0, 0.1) is 12.8 Å². The Bertz CT molecular complexity index is 1270. The van der Waals surface area contributed by atoms with E-state index in [1.54, 1.807) is 6.92 Å². The quantitative estimate of drug-likeness (QED) is 0.552. The van der Waals surface area contributed by atoms with E-state index < -0.39 is 38.5 Å². The Kier molecular flexibility index (Phi) is 7.92. The fourth-order valence-corrected chi connectivity index (χ4v) is 7.47. The first kappa shape index (κ1) is 26.1. The van der Waals surface area contributed by atoms with Gasteiger partial charge in [-0.15, -0.1) is 0 Å². The van der Waals surface area contributed by atoms with Crippen molar-refractivity contribution in [1.29, 1.82) is 0 Å². The lowest BCUT2D eigenvalue weighted by Crippen LogP contribution is -2.37. The van der Waals surface area contributed by atoms with E-state index in [-0.39, 0.29) is 22.2 Å². The molecule has 2 aliphatic rings. The Morgan fingerprint density at radius 3 is 2.33 bits per heavy atom. The second-order valence-corrected chi connectivity index (χ2v) is 12.3. The standard InChI is InChI=1S/C26H34N4O5S/c1-17-13-21(36(34,35)20-9-5-6-10-20)15-24(31)30(17)22(14-18-7-3-2-4-8-18)26(33)29-23-12-11-19(16-28-23)25(27)32/h11-13,15-16,18,20,22H,2-10,14H2,1H3,(H2,27,32)(H,28,29,33). The molecule has 9 nitrogen and oxygen atoms in total. The van der Waals surface area contributed by atoms with E-state index in [1.807, 2.05) is 0 Å². The molecule has 2 saturated carbocycles. The predicted molar refractivity (Wildman–Crippen MR) is 136 cm³/mol. The minimum Gasteiger partial charge on any atom is -0.366 e. The number of aromatic nitrogens is 2. The number of nitrogens with zero attached hydrogens (tertiary/aromatic N) is 2. The fraction of sp³-hybridized carbons (Fsp3) is 0.538. The van der Waals surface area contributed by atoms with Crippen LogP contribution in [0.25, 0.3) is 0 Å². The normalized spacial score (nSPS) is 18.1. The number of nitrogens with two attached hydrogens (primary N) is 1. The second-order valence-electron chi connectivity index (χ2n) is 10.0. The number of aryl methyl sites for hydroxylation is 1. The van der Waals surface area contributed by atoms with Crippen LogP contribution in [-0.4, -0.2) is 35.0 Å². The smallest absolute Gasteiger partial charge is 0.252 e. The van der Waals surface area contributed by atoms with Gasteiger partial charge in [0.05, 0.1) is 15.7 Å². The van der Waals surface area contributed by atoms with Gasteiger partial charge in [0.15, 0.2) is 9.84 Å². The highest BCUT2D eigenvalue weighted by Gasteiger charge is 2.33. The molecule has 1 atom stereocenters. The van der Waals surface area contributed by atoms with Gasteiger partial charge in [-0.3, -0.25) is 14.4 Å². The molecule has 2 aromatic rings. The molecule has 0 spiro atoms. The Balaban J connectivity index is 1.66. The van der Waals surface area contributed by atoms with E-state index in [2.05, 4.69) is 10.3 Å². The van der Waals surface area contributed by atoms with Crippen LogP contribution in [0.4, 0.5) is 5.82 Å². The first-order valence-corrected chi connectivity index (χ1v) is 14.2. The lowest BCUT2D eigenvalue weighted by atomic mass is 9.84. The van der Waals surface area contributed by atoms with Gasteiger partial charge in [-0.1, -0.05) is 44.9 Å². The molecule has 36 heavy (non-hydrogen) atoms. The Morgan fingerprint density at radius 2 is 1.75 bits per heavy atom. The van der Waals surface area contributed by atoms with Crippen molar-refractivity contribution in [2.24, 2.45) is 11.7 Å². The maximum Gasteiger partial charge on any atom is 0.252 e. The molecule has 3 N–H and O–H groups in total. The summed E-state index contributed by atoms with van der Waals surface area (Å²) in [6.45, 7) is 1.68. The Labute approximate surface area is 211 Å². The van der Waals surface area contributed by atoms with E-state index >= 15 is 0 Å². The molecule has 194 valence electrons. The summed E-state index contributed by atoms with van der Waals surface area (Å²) in [6.07, 6.45) is 10.0. The average molecular weight is 515 g/mol. The third-order valence-electron chi connectivity index (χ3n) is 7.50. The number of primary amides is 1. The molecule has 2 heterocycles. The highest BCUT2D eigenvalue weighted by atomic mass is 32.2. The van der Waals surface area contributed by atoms with Crippen molar-refractivity contribution >= 4 is 27.5 Å². The van der Waals surface area contributed by atoms with Gasteiger partial charge in [0.25, 0.3) is 5.56 Å². The molecule has 10 heteroatoms. The van der Waals surface area contributed by atoms with Crippen molar-refractivity contribution in [2.75, 3.05) is 5.32 Å². The molecule has 2 amide bonds. The summed E-state index contributed by atoms with van der Waals surface area (Å²) in [6, 6.07) is 4.84. The van der Waals surface area contributed by atoms with Crippen LogP contribution in [0.1, 0.15) is 86.3 Å². The highest BCUT2D eigenvalue weighted by molar-refractivity contribution is 7.92. The van der Waals surface area contributed by atoms with Crippen LogP contribution in [0.15, 0.2) is 40.2 Å². The molecule has 0 saturated heterocycles. The van der Waals surface area contributed by atoms with Crippen LogP contribution in [0.3, 0.4) is 0 Å². The SMILES string of the molecule is Cc1cc(S(=O)(=O)C2CCCC2)cc(=O)n1C(CC1CCCCC1)C(=O)Nc1ccc(C(N)=O)cn1. The molecule has 1 unspecified atom stereocenters. The molecule has 4 rings (SSSR count). The Hall–Kier alpha value is -3.01. The molecular weight excluding hydrogens is 480 g/mol. The zero-order chi connectivity index (χ0) is 25.9. The topological polar surface area (TPSA) is 141 Å². The van der Waals surface area contributed by atoms with Crippen molar-refractivity contribution in [2.45, 2.75) is 87.3 Å². The zero-order valence-corrected chi connectivity index (χ0v) is 21.4. The summed E-state index contributed by atoms with van der Waals surface area (Å²) < 4.78 is 27.6. The number of carbonyl (C=O) groups excluding carboxylic acids is 2. The fourth-order valence-electron chi connectivity index (χ4n) is 5.53. The number of carbonyl (C=O) groups is 2. The van der Waals surface area contributed by atoms with Gasteiger partial charge in [-0.05, 0) is 50.3 Å². The van der Waals surface area contributed by atoms with Crippen molar-refractivity contribution in [3.8, 4) is 0 Å². The number of pyridine rings is 2. The lowest BCUT2D eigenvalue weighted by Gasteiger charge is -2.28. The number of hydrogen-bond donors (Lipinski definition) is 2. The highest BCUT2D eigenvalue weighted by Crippen LogP contribution is 2.33. The van der Waals surface area contributed by atoms with E-state index in [0.29, 0.717) is 25.0 Å². The van der Waals surface area contributed by atoms with Crippen LogP contribution in [0.5, 0.6) is 0 Å². The molecule has 2 fully saturated rings. The molecule has 0 radical (unpaired) electrons. The van der Waals surface area contributed by atoms with Gasteiger partial charge in [0.1, 0.15) is 11.9 Å².